The molecule has 0 radical (unpaired) electrons. The summed E-state index contributed by atoms with van der Waals surface area (Å²) in [5.41, 5.74) is 1.27. The summed E-state index contributed by atoms with van der Waals surface area (Å²) in [6, 6.07) is 5.23. The smallest absolute Gasteiger partial charge is 0.319 e. The summed E-state index contributed by atoms with van der Waals surface area (Å²) in [6.07, 6.45) is 2.41. The van der Waals surface area contributed by atoms with E-state index in [1.54, 1.807) is 25.2 Å². The number of anilines is 2. The molecule has 140 valence electrons. The number of hydrogen-bond acceptors (Lipinski definition) is 5. The van der Waals surface area contributed by atoms with Crippen molar-refractivity contribution < 1.29 is 19.1 Å². The quantitative estimate of drug-likeness (QED) is 0.841. The van der Waals surface area contributed by atoms with Crippen molar-refractivity contribution in [3.05, 3.63) is 18.2 Å². The average molecular weight is 360 g/mol. The highest BCUT2D eigenvalue weighted by Crippen LogP contribution is 2.33. The second kappa shape index (κ2) is 7.13. The first-order chi connectivity index (χ1) is 12.6. The lowest BCUT2D eigenvalue weighted by molar-refractivity contribution is -0.120. The fourth-order valence-electron chi connectivity index (χ4n) is 3.80. The van der Waals surface area contributed by atoms with Gasteiger partial charge in [0.05, 0.1) is 31.0 Å². The Morgan fingerprint density at radius 3 is 2.85 bits per heavy atom. The van der Waals surface area contributed by atoms with Crippen molar-refractivity contribution in [2.45, 2.75) is 24.9 Å². The van der Waals surface area contributed by atoms with Gasteiger partial charge in [0.15, 0.2) is 6.61 Å². The topological polar surface area (TPSA) is 83.1 Å². The van der Waals surface area contributed by atoms with Crippen LogP contribution in [0.1, 0.15) is 12.8 Å². The molecule has 2 atom stereocenters. The van der Waals surface area contributed by atoms with Crippen molar-refractivity contribution in [3.8, 4) is 5.75 Å². The van der Waals surface area contributed by atoms with Crippen LogP contribution in [0.15, 0.2) is 18.2 Å². The lowest BCUT2D eigenvalue weighted by atomic mass is 10.1. The molecule has 4 rings (SSSR count). The number of carbonyl (C=O) groups excluding carboxylic acids is 2. The number of urea groups is 1. The number of rotatable bonds is 3. The fraction of sp³-hybridized carbons (Fsp3) is 0.556. The zero-order chi connectivity index (χ0) is 18.1. The summed E-state index contributed by atoms with van der Waals surface area (Å²) >= 11 is 0. The van der Waals surface area contributed by atoms with E-state index < -0.39 is 0 Å². The Morgan fingerprint density at radius 2 is 2.04 bits per heavy atom. The molecule has 0 saturated carbocycles. The van der Waals surface area contributed by atoms with Gasteiger partial charge in [0.1, 0.15) is 5.75 Å². The number of ether oxygens (including phenoxy) is 2. The molecular formula is C18H24N4O4. The lowest BCUT2D eigenvalue weighted by Crippen LogP contribution is -2.51. The van der Waals surface area contributed by atoms with Crippen LogP contribution in [0.4, 0.5) is 16.2 Å². The minimum Gasteiger partial charge on any atom is -0.482 e. The Hall–Kier alpha value is -2.32. The van der Waals surface area contributed by atoms with Gasteiger partial charge in [-0.25, -0.2) is 4.79 Å². The summed E-state index contributed by atoms with van der Waals surface area (Å²) in [5, 5.41) is 5.87. The molecule has 0 bridgehead atoms. The molecule has 1 aromatic carbocycles. The van der Waals surface area contributed by atoms with Crippen LogP contribution in [0.25, 0.3) is 0 Å². The molecule has 2 fully saturated rings. The van der Waals surface area contributed by atoms with Gasteiger partial charge in [0.25, 0.3) is 5.91 Å². The Kier molecular flexibility index (Phi) is 4.69. The van der Waals surface area contributed by atoms with Crippen LogP contribution in [0.2, 0.25) is 0 Å². The molecule has 0 spiro atoms. The van der Waals surface area contributed by atoms with Crippen LogP contribution < -0.4 is 20.3 Å². The van der Waals surface area contributed by atoms with Crippen molar-refractivity contribution >= 4 is 23.3 Å². The van der Waals surface area contributed by atoms with E-state index in [0.29, 0.717) is 30.3 Å². The number of likely N-dealkylation sites (N-methyl/N-ethyl adjacent to an activating group) is 1. The molecule has 3 heterocycles. The number of amides is 3. The first-order valence-corrected chi connectivity index (χ1v) is 9.04. The van der Waals surface area contributed by atoms with Crippen LogP contribution >= 0.6 is 0 Å². The van der Waals surface area contributed by atoms with Crippen molar-refractivity contribution in [2.24, 2.45) is 0 Å². The fourth-order valence-corrected chi connectivity index (χ4v) is 3.80. The number of carbonyl (C=O) groups is 2. The minimum absolute atomic E-state index is 0.0155. The SMILES string of the molecule is CN1C(=O)COc2ccc(NC(=O)N[C@@H]3COC[C@H]3N3CCCC3)cc21. The normalized spacial score (nSPS) is 25.7. The van der Waals surface area contributed by atoms with Crippen LogP contribution in [0.5, 0.6) is 5.75 Å². The Bertz CT molecular complexity index is 704. The van der Waals surface area contributed by atoms with Crippen molar-refractivity contribution in [3.63, 3.8) is 0 Å². The maximum Gasteiger partial charge on any atom is 0.319 e. The zero-order valence-electron chi connectivity index (χ0n) is 14.9. The van der Waals surface area contributed by atoms with Gasteiger partial charge >= 0.3 is 6.03 Å². The highest BCUT2D eigenvalue weighted by molar-refractivity contribution is 5.99. The van der Waals surface area contributed by atoms with E-state index in [2.05, 4.69) is 15.5 Å². The van der Waals surface area contributed by atoms with Crippen LogP contribution in [0, 0.1) is 0 Å². The molecule has 3 amide bonds. The number of benzene rings is 1. The molecule has 8 heteroatoms. The van der Waals surface area contributed by atoms with Gasteiger partial charge in [-0.2, -0.15) is 0 Å². The summed E-state index contributed by atoms with van der Waals surface area (Å²) in [4.78, 5) is 28.1. The maximum atomic E-state index is 12.4. The van der Waals surface area contributed by atoms with E-state index in [-0.39, 0.29) is 30.6 Å². The number of hydrogen-bond donors (Lipinski definition) is 2. The van der Waals surface area contributed by atoms with Crippen molar-refractivity contribution in [2.75, 3.05) is 50.2 Å². The molecule has 0 aromatic heterocycles. The molecule has 8 nitrogen and oxygen atoms in total. The zero-order valence-corrected chi connectivity index (χ0v) is 14.9. The van der Waals surface area contributed by atoms with Crippen molar-refractivity contribution in [1.29, 1.82) is 0 Å². The number of nitrogens with one attached hydrogen (secondary N) is 2. The Morgan fingerprint density at radius 1 is 1.23 bits per heavy atom. The lowest BCUT2D eigenvalue weighted by Gasteiger charge is -2.28. The van der Waals surface area contributed by atoms with E-state index in [9.17, 15) is 9.59 Å². The summed E-state index contributed by atoms with van der Waals surface area (Å²) < 4.78 is 11.0. The van der Waals surface area contributed by atoms with E-state index >= 15 is 0 Å². The van der Waals surface area contributed by atoms with Gasteiger partial charge in [-0.05, 0) is 44.1 Å². The molecule has 3 aliphatic rings. The third-order valence-corrected chi connectivity index (χ3v) is 5.28. The Labute approximate surface area is 152 Å². The average Bonchev–Trinajstić information content (AvgIpc) is 3.30. The third kappa shape index (κ3) is 3.34. The van der Waals surface area contributed by atoms with E-state index in [1.807, 2.05) is 0 Å². The van der Waals surface area contributed by atoms with Crippen LogP contribution in [-0.4, -0.2) is 68.9 Å². The largest absolute Gasteiger partial charge is 0.482 e. The molecule has 2 N–H and O–H groups in total. The minimum atomic E-state index is -0.268. The molecule has 0 unspecified atom stereocenters. The molecule has 2 saturated heterocycles. The van der Waals surface area contributed by atoms with Gasteiger partial charge in [0.2, 0.25) is 0 Å². The van der Waals surface area contributed by atoms with Gasteiger partial charge in [-0.1, -0.05) is 0 Å². The summed E-state index contributed by atoms with van der Waals surface area (Å²) in [5.74, 6) is 0.520. The highest BCUT2D eigenvalue weighted by Gasteiger charge is 2.35. The van der Waals surface area contributed by atoms with Gasteiger partial charge in [0, 0.05) is 12.7 Å². The monoisotopic (exact) mass is 360 g/mol. The van der Waals surface area contributed by atoms with Gasteiger partial charge in [-0.15, -0.1) is 0 Å². The predicted molar refractivity (Wildman–Crippen MR) is 96.7 cm³/mol. The van der Waals surface area contributed by atoms with Crippen molar-refractivity contribution in [1.82, 2.24) is 10.2 Å². The maximum absolute atomic E-state index is 12.4. The summed E-state index contributed by atoms with van der Waals surface area (Å²) in [6.45, 7) is 3.37. The molecular weight excluding hydrogens is 336 g/mol. The van der Waals surface area contributed by atoms with Crippen LogP contribution in [-0.2, 0) is 9.53 Å². The Balaban J connectivity index is 1.40. The third-order valence-electron chi connectivity index (χ3n) is 5.28. The van der Waals surface area contributed by atoms with E-state index in [0.717, 1.165) is 13.1 Å². The number of likely N-dealkylation sites (tertiary alicyclic amines) is 1. The summed E-state index contributed by atoms with van der Waals surface area (Å²) in [7, 11) is 1.70. The standard InChI is InChI=1S/C18H24N4O4/c1-21-14-8-12(4-5-16(14)26-11-17(21)23)19-18(24)20-13-9-25-10-15(13)22-6-2-3-7-22/h4-5,8,13,15H,2-3,6-7,9-11H2,1H3,(H2,19,20,24)/t13-,15-/m1/s1. The first kappa shape index (κ1) is 17.1. The second-order valence-electron chi connectivity index (χ2n) is 6.98. The first-order valence-electron chi connectivity index (χ1n) is 9.04. The molecule has 0 aliphatic carbocycles. The van der Waals surface area contributed by atoms with E-state index in [4.69, 9.17) is 9.47 Å². The molecule has 26 heavy (non-hydrogen) atoms. The molecule has 3 aliphatic heterocycles. The second-order valence-corrected chi connectivity index (χ2v) is 6.98. The van der Waals surface area contributed by atoms with Gasteiger partial charge < -0.3 is 25.0 Å². The highest BCUT2D eigenvalue weighted by atomic mass is 16.5. The van der Waals surface area contributed by atoms with E-state index in [1.165, 1.54) is 17.7 Å². The number of fused-ring (bicyclic) bond motifs is 1. The molecule has 1 aromatic rings. The van der Waals surface area contributed by atoms with Crippen LogP contribution in [0.3, 0.4) is 0 Å². The number of nitrogens with zero attached hydrogens (tertiary/aromatic N) is 2. The van der Waals surface area contributed by atoms with Gasteiger partial charge in [-0.3, -0.25) is 9.69 Å². The predicted octanol–water partition coefficient (Wildman–Crippen LogP) is 1.03.